The number of benzene rings is 2. The van der Waals surface area contributed by atoms with Crippen molar-refractivity contribution in [2.75, 3.05) is 39.8 Å². The van der Waals surface area contributed by atoms with Crippen LogP contribution >= 0.6 is 0 Å². The van der Waals surface area contributed by atoms with Gasteiger partial charge in [-0.05, 0) is 36.4 Å². The van der Waals surface area contributed by atoms with Crippen molar-refractivity contribution in [3.8, 4) is 0 Å². The van der Waals surface area contributed by atoms with Crippen LogP contribution in [0.25, 0.3) is 0 Å². The topological polar surface area (TPSA) is 38.0 Å². The molecule has 0 spiro atoms. The highest BCUT2D eigenvalue weighted by molar-refractivity contribution is 5.94. The number of carbonyl (C=O) groups excluding carboxylic acids is 1. The predicted molar refractivity (Wildman–Crippen MR) is 95.2 cm³/mol. The molecule has 0 saturated carbocycles. The largest absolute Gasteiger partial charge is 0.346 e. The Morgan fingerprint density at radius 3 is 2.08 bits per heavy atom. The number of amides is 1. The van der Waals surface area contributed by atoms with Gasteiger partial charge in [0.1, 0.15) is 43.9 Å². The molecule has 0 unspecified atom stereocenters. The van der Waals surface area contributed by atoms with Crippen LogP contribution in [-0.4, -0.2) is 45.7 Å². The van der Waals surface area contributed by atoms with E-state index in [0.717, 1.165) is 31.7 Å². The number of rotatable bonds is 5. The summed E-state index contributed by atoms with van der Waals surface area (Å²) in [6.07, 6.45) is 0. The van der Waals surface area contributed by atoms with E-state index in [1.54, 1.807) is 12.1 Å². The fourth-order valence-electron chi connectivity index (χ4n) is 3.44. The summed E-state index contributed by atoms with van der Waals surface area (Å²) in [5, 5.41) is 2.96. The first-order chi connectivity index (χ1) is 12.5. The molecule has 1 aliphatic heterocycles. The Balaban J connectivity index is 1.71. The van der Waals surface area contributed by atoms with Crippen LogP contribution in [0.4, 0.5) is 8.78 Å². The van der Waals surface area contributed by atoms with Crippen LogP contribution in [0, 0.1) is 11.6 Å². The fourth-order valence-corrected chi connectivity index (χ4v) is 3.44. The SMILES string of the molecule is C[NH+]1CC[NH+]([C@@H](CNC(=O)c2ccc(F)cc2)c2ccc(F)cc2)CC1. The molecule has 0 aliphatic carbocycles. The lowest BCUT2D eigenvalue weighted by Crippen LogP contribution is -3.27. The number of carbonyl (C=O) groups is 1. The number of quaternary nitrogens is 2. The normalized spacial score (nSPS) is 21.2. The zero-order valence-electron chi connectivity index (χ0n) is 14.9. The van der Waals surface area contributed by atoms with Crippen molar-refractivity contribution in [2.24, 2.45) is 0 Å². The van der Waals surface area contributed by atoms with Gasteiger partial charge in [-0.15, -0.1) is 0 Å². The van der Waals surface area contributed by atoms with Crippen LogP contribution in [0.1, 0.15) is 22.0 Å². The summed E-state index contributed by atoms with van der Waals surface area (Å²) in [4.78, 5) is 15.3. The van der Waals surface area contributed by atoms with Crippen molar-refractivity contribution in [2.45, 2.75) is 6.04 Å². The Kier molecular flexibility index (Phi) is 5.96. The molecular weight excluding hydrogens is 336 g/mol. The molecule has 1 aliphatic rings. The van der Waals surface area contributed by atoms with Crippen molar-refractivity contribution in [1.82, 2.24) is 5.32 Å². The van der Waals surface area contributed by atoms with E-state index in [2.05, 4.69) is 12.4 Å². The van der Waals surface area contributed by atoms with Gasteiger partial charge >= 0.3 is 0 Å². The molecule has 2 aromatic rings. The molecule has 2 aromatic carbocycles. The standard InChI is InChI=1S/C20H23F2N3O/c1-24-10-12-25(13-11-24)19(15-2-6-17(21)7-3-15)14-23-20(26)16-4-8-18(22)9-5-16/h2-9,19H,10-14H2,1H3,(H,23,26)/p+2/t19-/m0/s1. The fraction of sp³-hybridized carbons (Fsp3) is 0.350. The van der Waals surface area contributed by atoms with Crippen LogP contribution in [-0.2, 0) is 0 Å². The molecular formula is C20H25F2N3O+2. The minimum Gasteiger partial charge on any atom is -0.346 e. The highest BCUT2D eigenvalue weighted by Gasteiger charge is 2.29. The Morgan fingerprint density at radius 2 is 1.50 bits per heavy atom. The molecule has 26 heavy (non-hydrogen) atoms. The van der Waals surface area contributed by atoms with Gasteiger partial charge in [-0.3, -0.25) is 4.79 Å². The molecule has 138 valence electrons. The van der Waals surface area contributed by atoms with Gasteiger partial charge in [0, 0.05) is 11.1 Å². The average Bonchev–Trinajstić information content (AvgIpc) is 2.65. The number of likely N-dealkylation sites (N-methyl/N-ethyl adjacent to an activating group) is 1. The Hall–Kier alpha value is -2.31. The maximum Gasteiger partial charge on any atom is 0.251 e. The minimum absolute atomic E-state index is 0.0631. The second kappa shape index (κ2) is 8.38. The monoisotopic (exact) mass is 361 g/mol. The van der Waals surface area contributed by atoms with E-state index < -0.39 is 0 Å². The molecule has 6 heteroatoms. The van der Waals surface area contributed by atoms with Gasteiger partial charge in [0.05, 0.1) is 13.6 Å². The molecule has 1 amide bonds. The summed E-state index contributed by atoms with van der Waals surface area (Å²) < 4.78 is 26.3. The summed E-state index contributed by atoms with van der Waals surface area (Å²) in [5.41, 5.74) is 1.45. The quantitative estimate of drug-likeness (QED) is 0.681. The van der Waals surface area contributed by atoms with Gasteiger partial charge in [-0.1, -0.05) is 12.1 Å². The van der Waals surface area contributed by atoms with Crippen molar-refractivity contribution in [3.63, 3.8) is 0 Å². The molecule has 1 heterocycles. The highest BCUT2D eigenvalue weighted by Crippen LogP contribution is 2.11. The second-order valence-corrected chi connectivity index (χ2v) is 6.94. The Labute approximate surface area is 152 Å². The van der Waals surface area contributed by atoms with E-state index in [0.29, 0.717) is 12.1 Å². The van der Waals surface area contributed by atoms with Crippen LogP contribution in [0.5, 0.6) is 0 Å². The summed E-state index contributed by atoms with van der Waals surface area (Å²) in [6.45, 7) is 4.59. The molecule has 3 N–H and O–H groups in total. The van der Waals surface area contributed by atoms with Crippen molar-refractivity contribution in [1.29, 1.82) is 0 Å². The van der Waals surface area contributed by atoms with Crippen LogP contribution in [0.15, 0.2) is 48.5 Å². The zero-order valence-corrected chi connectivity index (χ0v) is 14.9. The molecule has 3 rings (SSSR count). The average molecular weight is 361 g/mol. The summed E-state index contributed by atoms with van der Waals surface area (Å²) in [5.74, 6) is -0.855. The first-order valence-electron chi connectivity index (χ1n) is 8.98. The third-order valence-corrected chi connectivity index (χ3v) is 5.08. The number of hydrogen-bond acceptors (Lipinski definition) is 1. The molecule has 1 fully saturated rings. The van der Waals surface area contributed by atoms with E-state index in [1.807, 2.05) is 0 Å². The van der Waals surface area contributed by atoms with E-state index in [4.69, 9.17) is 0 Å². The first kappa shape index (κ1) is 18.5. The second-order valence-electron chi connectivity index (χ2n) is 6.94. The van der Waals surface area contributed by atoms with Crippen LogP contribution in [0.3, 0.4) is 0 Å². The minimum atomic E-state index is -0.366. The van der Waals surface area contributed by atoms with E-state index in [1.165, 1.54) is 46.2 Å². The van der Waals surface area contributed by atoms with Crippen molar-refractivity contribution < 1.29 is 23.4 Å². The van der Waals surface area contributed by atoms with Gasteiger partial charge in [-0.2, -0.15) is 0 Å². The maximum absolute atomic E-state index is 13.3. The number of halogens is 2. The number of hydrogen-bond donors (Lipinski definition) is 3. The third kappa shape index (κ3) is 4.65. The molecule has 1 atom stereocenters. The molecule has 0 aromatic heterocycles. The number of piperazine rings is 1. The highest BCUT2D eigenvalue weighted by atomic mass is 19.1. The summed E-state index contributed by atoms with van der Waals surface area (Å²) in [6, 6.07) is 12.1. The van der Waals surface area contributed by atoms with Crippen LogP contribution in [0.2, 0.25) is 0 Å². The summed E-state index contributed by atoms with van der Waals surface area (Å²) >= 11 is 0. The van der Waals surface area contributed by atoms with Gasteiger partial charge in [0.25, 0.3) is 5.91 Å². The number of nitrogens with one attached hydrogen (secondary N) is 3. The molecule has 0 radical (unpaired) electrons. The van der Waals surface area contributed by atoms with Gasteiger partial charge in [-0.25, -0.2) is 8.78 Å². The lowest BCUT2D eigenvalue weighted by atomic mass is 10.0. The lowest BCUT2D eigenvalue weighted by Gasteiger charge is -2.33. The molecule has 1 saturated heterocycles. The molecule has 0 bridgehead atoms. The maximum atomic E-state index is 13.3. The van der Waals surface area contributed by atoms with E-state index in [9.17, 15) is 13.6 Å². The smallest absolute Gasteiger partial charge is 0.251 e. The van der Waals surface area contributed by atoms with Crippen LogP contribution < -0.4 is 15.1 Å². The Bertz CT molecular complexity index is 726. The Morgan fingerprint density at radius 1 is 0.962 bits per heavy atom. The van der Waals surface area contributed by atoms with Crippen molar-refractivity contribution >= 4 is 5.91 Å². The van der Waals surface area contributed by atoms with E-state index >= 15 is 0 Å². The van der Waals surface area contributed by atoms with Gasteiger partial charge in [0.15, 0.2) is 0 Å². The zero-order chi connectivity index (χ0) is 18.5. The van der Waals surface area contributed by atoms with Gasteiger partial charge in [0.2, 0.25) is 0 Å². The predicted octanol–water partition coefficient (Wildman–Crippen LogP) is -0.151. The molecule has 4 nitrogen and oxygen atoms in total. The first-order valence-corrected chi connectivity index (χ1v) is 8.98. The summed E-state index contributed by atoms with van der Waals surface area (Å²) in [7, 11) is 2.18. The van der Waals surface area contributed by atoms with Gasteiger partial charge < -0.3 is 15.1 Å². The lowest BCUT2D eigenvalue weighted by molar-refractivity contribution is -1.02. The van der Waals surface area contributed by atoms with E-state index in [-0.39, 0.29) is 23.6 Å². The van der Waals surface area contributed by atoms with Crippen molar-refractivity contribution in [3.05, 3.63) is 71.3 Å². The third-order valence-electron chi connectivity index (χ3n) is 5.08.